The minimum absolute atomic E-state index is 0.0411. The van der Waals surface area contributed by atoms with Crippen LogP contribution in [0.15, 0.2) is 30.3 Å². The van der Waals surface area contributed by atoms with Gasteiger partial charge in [-0.2, -0.15) is 0 Å². The van der Waals surface area contributed by atoms with Crippen LogP contribution in [0, 0.1) is 0 Å². The number of nitrogens with one attached hydrogen (secondary N) is 1. The van der Waals surface area contributed by atoms with E-state index in [0.717, 1.165) is 5.56 Å². The highest BCUT2D eigenvalue weighted by atomic mass is 16.7. The van der Waals surface area contributed by atoms with Gasteiger partial charge in [-0.1, -0.05) is 18.2 Å². The summed E-state index contributed by atoms with van der Waals surface area (Å²) in [5.74, 6) is 0.259. The van der Waals surface area contributed by atoms with Gasteiger partial charge < -0.3 is 25.0 Å². The zero-order valence-corrected chi connectivity index (χ0v) is 11.5. The molecule has 0 radical (unpaired) electrons. The molecule has 0 bridgehead atoms. The van der Waals surface area contributed by atoms with Crippen LogP contribution >= 0.6 is 0 Å². The number of phenolic OH excluding ortho intramolecular Hbond substituents is 1. The lowest BCUT2D eigenvalue weighted by molar-refractivity contribution is -0.117. The van der Waals surface area contributed by atoms with Crippen LogP contribution in [0.1, 0.15) is 11.5 Å². The Morgan fingerprint density at radius 3 is 2.73 bits per heavy atom. The van der Waals surface area contributed by atoms with Gasteiger partial charge >= 0.3 is 0 Å². The zero-order chi connectivity index (χ0) is 15.3. The van der Waals surface area contributed by atoms with Gasteiger partial charge in [0.05, 0.1) is 18.2 Å². The van der Waals surface area contributed by atoms with Crippen molar-refractivity contribution in [1.29, 1.82) is 0 Å². The van der Waals surface area contributed by atoms with Crippen molar-refractivity contribution in [2.24, 2.45) is 0 Å². The van der Waals surface area contributed by atoms with E-state index < -0.39 is 5.92 Å². The van der Waals surface area contributed by atoms with Crippen LogP contribution < -0.4 is 14.8 Å². The number of aromatic hydroxyl groups is 1. The fourth-order valence-corrected chi connectivity index (χ4v) is 2.90. The Hall–Kier alpha value is -2.73. The fraction of sp³-hybridized carbons (Fsp3) is 0.188. The molecule has 0 saturated carbocycles. The Kier molecular flexibility index (Phi) is 2.74. The summed E-state index contributed by atoms with van der Waals surface area (Å²) < 4.78 is 10.6. The molecule has 0 spiro atoms. The molecule has 1 amide bonds. The molecule has 2 aromatic carbocycles. The highest BCUT2D eigenvalue weighted by Gasteiger charge is 2.32. The van der Waals surface area contributed by atoms with Crippen molar-refractivity contribution in [1.82, 2.24) is 0 Å². The van der Waals surface area contributed by atoms with E-state index in [1.165, 1.54) is 6.07 Å². The predicted molar refractivity (Wildman–Crippen MR) is 78.1 cm³/mol. The van der Waals surface area contributed by atoms with E-state index in [0.29, 0.717) is 28.3 Å². The second kappa shape index (κ2) is 4.64. The van der Waals surface area contributed by atoms with Crippen molar-refractivity contribution < 1.29 is 24.5 Å². The first kappa shape index (κ1) is 13.0. The highest BCUT2D eigenvalue weighted by molar-refractivity contribution is 6.07. The number of aliphatic hydroxyl groups is 1. The summed E-state index contributed by atoms with van der Waals surface area (Å²) >= 11 is 0. The number of hydrogen-bond acceptors (Lipinski definition) is 5. The number of rotatable bonds is 2. The molecule has 0 saturated heterocycles. The molecule has 2 aliphatic rings. The number of carbonyl (C=O) groups excluding carboxylic acids is 1. The zero-order valence-electron chi connectivity index (χ0n) is 11.5. The Bertz CT molecular complexity index is 786. The quantitative estimate of drug-likeness (QED) is 0.787. The second-order valence-electron chi connectivity index (χ2n) is 5.22. The third-order valence-corrected chi connectivity index (χ3v) is 4.00. The van der Waals surface area contributed by atoms with Crippen molar-refractivity contribution in [2.75, 3.05) is 18.7 Å². The second-order valence-corrected chi connectivity index (χ2v) is 5.22. The van der Waals surface area contributed by atoms with Crippen LogP contribution in [-0.4, -0.2) is 29.5 Å². The topological polar surface area (TPSA) is 88.0 Å². The first-order chi connectivity index (χ1) is 10.7. The van der Waals surface area contributed by atoms with Crippen molar-refractivity contribution >= 4 is 11.6 Å². The number of anilines is 1. The monoisotopic (exact) mass is 299 g/mol. The number of amides is 1. The van der Waals surface area contributed by atoms with Gasteiger partial charge in [0.25, 0.3) is 0 Å². The lowest BCUT2D eigenvalue weighted by Gasteiger charge is -2.11. The standard InChI is InChI=1S/C16H13NO5/c18-6-11-9-3-1-2-8(15(9)17-16(11)20)10-4-13-14(5-12(10)19)22-7-21-13/h1-5,11,18-19H,6-7H2,(H,17,20). The van der Waals surface area contributed by atoms with Crippen molar-refractivity contribution in [3.8, 4) is 28.4 Å². The summed E-state index contributed by atoms with van der Waals surface area (Å²) in [6, 6.07) is 8.57. The first-order valence-corrected chi connectivity index (χ1v) is 6.86. The number of hydrogen-bond donors (Lipinski definition) is 3. The number of aliphatic hydroxyl groups excluding tert-OH is 1. The van der Waals surface area contributed by atoms with E-state index >= 15 is 0 Å². The van der Waals surface area contributed by atoms with Gasteiger partial charge in [0.1, 0.15) is 5.75 Å². The molecule has 0 aromatic heterocycles. The van der Waals surface area contributed by atoms with E-state index in [9.17, 15) is 15.0 Å². The van der Waals surface area contributed by atoms with E-state index in [-0.39, 0.29) is 25.1 Å². The van der Waals surface area contributed by atoms with E-state index in [2.05, 4.69) is 5.32 Å². The Morgan fingerprint density at radius 1 is 1.18 bits per heavy atom. The van der Waals surface area contributed by atoms with Gasteiger partial charge in [0.2, 0.25) is 12.7 Å². The van der Waals surface area contributed by atoms with E-state index in [1.54, 1.807) is 24.3 Å². The van der Waals surface area contributed by atoms with Crippen LogP contribution in [-0.2, 0) is 4.79 Å². The van der Waals surface area contributed by atoms with Crippen molar-refractivity contribution in [3.63, 3.8) is 0 Å². The number of benzene rings is 2. The lowest BCUT2D eigenvalue weighted by Crippen LogP contribution is -2.14. The minimum Gasteiger partial charge on any atom is -0.507 e. The summed E-state index contributed by atoms with van der Waals surface area (Å²) in [7, 11) is 0. The maximum absolute atomic E-state index is 11.9. The molecule has 112 valence electrons. The van der Waals surface area contributed by atoms with E-state index in [4.69, 9.17) is 9.47 Å². The van der Waals surface area contributed by atoms with Gasteiger partial charge in [-0.15, -0.1) is 0 Å². The largest absolute Gasteiger partial charge is 0.507 e. The van der Waals surface area contributed by atoms with Gasteiger partial charge in [0.15, 0.2) is 11.5 Å². The molecule has 1 unspecified atom stereocenters. The normalized spacial score (nSPS) is 18.2. The van der Waals surface area contributed by atoms with Gasteiger partial charge in [0, 0.05) is 17.2 Å². The maximum atomic E-state index is 11.9. The molecule has 0 fully saturated rings. The molecule has 6 nitrogen and oxygen atoms in total. The number of phenols is 1. The molecule has 4 rings (SSSR count). The third-order valence-electron chi connectivity index (χ3n) is 4.00. The van der Waals surface area contributed by atoms with E-state index in [1.807, 2.05) is 0 Å². The van der Waals surface area contributed by atoms with Crippen LogP contribution in [0.25, 0.3) is 11.1 Å². The summed E-state index contributed by atoms with van der Waals surface area (Å²) in [6.07, 6.45) is 0. The lowest BCUT2D eigenvalue weighted by atomic mass is 9.95. The predicted octanol–water partition coefficient (Wildman–Crippen LogP) is 1.82. The molecule has 1 atom stereocenters. The molecular formula is C16H13NO5. The molecular weight excluding hydrogens is 286 g/mol. The summed E-state index contributed by atoms with van der Waals surface area (Å²) in [5.41, 5.74) is 2.56. The maximum Gasteiger partial charge on any atom is 0.234 e. The Morgan fingerprint density at radius 2 is 1.95 bits per heavy atom. The number of carbonyl (C=O) groups is 1. The first-order valence-electron chi connectivity index (χ1n) is 6.86. The summed E-state index contributed by atoms with van der Waals surface area (Å²) in [4.78, 5) is 11.9. The van der Waals surface area contributed by atoms with Gasteiger partial charge in [-0.05, 0) is 11.6 Å². The third kappa shape index (κ3) is 1.74. The molecule has 3 N–H and O–H groups in total. The van der Waals surface area contributed by atoms with Crippen LogP contribution in [0.3, 0.4) is 0 Å². The summed E-state index contributed by atoms with van der Waals surface area (Å²) in [6.45, 7) is -0.135. The van der Waals surface area contributed by atoms with Gasteiger partial charge in [-0.25, -0.2) is 0 Å². The fourth-order valence-electron chi connectivity index (χ4n) is 2.90. The minimum atomic E-state index is -0.578. The average molecular weight is 299 g/mol. The molecule has 2 aromatic rings. The number of ether oxygens (including phenoxy) is 2. The average Bonchev–Trinajstić information content (AvgIpc) is 3.08. The van der Waals surface area contributed by atoms with Crippen molar-refractivity contribution in [3.05, 3.63) is 35.9 Å². The van der Waals surface area contributed by atoms with Crippen LogP contribution in [0.2, 0.25) is 0 Å². The smallest absolute Gasteiger partial charge is 0.234 e. The van der Waals surface area contributed by atoms with Crippen LogP contribution in [0.5, 0.6) is 17.2 Å². The van der Waals surface area contributed by atoms with Gasteiger partial charge in [-0.3, -0.25) is 4.79 Å². The Balaban J connectivity index is 1.89. The summed E-state index contributed by atoms with van der Waals surface area (Å²) in [5, 5.41) is 22.4. The number of para-hydroxylation sites is 1. The Labute approximate surface area is 125 Å². The molecule has 0 aliphatic carbocycles. The molecule has 2 heterocycles. The number of fused-ring (bicyclic) bond motifs is 2. The highest BCUT2D eigenvalue weighted by Crippen LogP contribution is 2.46. The molecule has 2 aliphatic heterocycles. The molecule has 22 heavy (non-hydrogen) atoms. The van der Waals surface area contributed by atoms with Crippen LogP contribution in [0.4, 0.5) is 5.69 Å². The van der Waals surface area contributed by atoms with Crippen molar-refractivity contribution in [2.45, 2.75) is 5.92 Å². The SMILES string of the molecule is O=C1Nc2c(-c3cc4c(cc3O)OCO4)cccc2C1CO. The molecule has 6 heteroatoms.